The van der Waals surface area contributed by atoms with Gasteiger partial charge in [-0.25, -0.2) is 14.8 Å². The molecule has 0 radical (unpaired) electrons. The van der Waals surface area contributed by atoms with E-state index in [0.29, 0.717) is 24.1 Å². The molecule has 0 bridgehead atoms. The third-order valence-corrected chi connectivity index (χ3v) is 5.35. The lowest BCUT2D eigenvalue weighted by Crippen LogP contribution is -2.16. The van der Waals surface area contributed by atoms with E-state index in [2.05, 4.69) is 25.5 Å². The predicted molar refractivity (Wildman–Crippen MR) is 118 cm³/mol. The predicted octanol–water partition coefficient (Wildman–Crippen LogP) is 4.48. The lowest BCUT2D eigenvalue weighted by atomic mass is 10.3. The molecule has 0 aliphatic rings. The lowest BCUT2D eigenvalue weighted by molar-refractivity contribution is 0.0519. The average molecular weight is 420 g/mol. The Morgan fingerprint density at radius 2 is 1.93 bits per heavy atom. The molecule has 0 amide bonds. The maximum absolute atomic E-state index is 11.9. The molecular weight excluding hydrogens is 400 g/mol. The van der Waals surface area contributed by atoms with Gasteiger partial charge in [0.1, 0.15) is 5.82 Å². The summed E-state index contributed by atoms with van der Waals surface area (Å²) in [7, 11) is 1.82. The topological polar surface area (TPSA) is 93.1 Å². The molecule has 0 atom stereocenters. The second kappa shape index (κ2) is 8.42. The number of ether oxygens (including phenoxy) is 1. The summed E-state index contributed by atoms with van der Waals surface area (Å²) in [4.78, 5) is 22.7. The van der Waals surface area contributed by atoms with Gasteiger partial charge in [0, 0.05) is 7.05 Å². The Labute approximate surface area is 177 Å². The Balaban J connectivity index is 1.55. The van der Waals surface area contributed by atoms with Gasteiger partial charge in [-0.15, -0.1) is 10.2 Å². The van der Waals surface area contributed by atoms with Gasteiger partial charge in [0.05, 0.1) is 16.8 Å². The summed E-state index contributed by atoms with van der Waals surface area (Å²) in [5.41, 5.74) is 2.10. The van der Waals surface area contributed by atoms with Crippen LogP contribution in [0, 0.1) is 6.92 Å². The van der Waals surface area contributed by atoms with Crippen LogP contribution in [0.2, 0.25) is 0 Å². The fourth-order valence-corrected chi connectivity index (χ4v) is 3.70. The van der Waals surface area contributed by atoms with Crippen molar-refractivity contribution in [3.63, 3.8) is 0 Å². The quantitative estimate of drug-likeness (QED) is 0.457. The maximum atomic E-state index is 11.9. The number of thiazole rings is 1. The van der Waals surface area contributed by atoms with Crippen LogP contribution >= 0.6 is 11.3 Å². The number of benzene rings is 1. The molecule has 0 saturated heterocycles. The number of hydrogen-bond donors (Lipinski definition) is 1. The molecule has 3 aromatic heterocycles. The fourth-order valence-electron chi connectivity index (χ4n) is 2.83. The largest absolute Gasteiger partial charge is 0.461 e. The second-order valence-electron chi connectivity index (χ2n) is 6.51. The van der Waals surface area contributed by atoms with Crippen LogP contribution in [-0.2, 0) is 4.74 Å². The van der Waals surface area contributed by atoms with Gasteiger partial charge >= 0.3 is 5.97 Å². The van der Waals surface area contributed by atoms with E-state index in [1.54, 1.807) is 41.4 Å². The molecule has 30 heavy (non-hydrogen) atoms. The number of para-hydroxylation sites is 1. The van der Waals surface area contributed by atoms with Crippen LogP contribution in [0.15, 0.2) is 48.5 Å². The van der Waals surface area contributed by atoms with Crippen LogP contribution in [0.3, 0.4) is 0 Å². The molecule has 1 N–H and O–H groups in total. The van der Waals surface area contributed by atoms with Crippen molar-refractivity contribution in [2.45, 2.75) is 13.8 Å². The first-order valence-corrected chi connectivity index (χ1v) is 10.2. The van der Waals surface area contributed by atoms with Gasteiger partial charge in [-0.05, 0) is 49.7 Å². The third-order valence-electron chi connectivity index (χ3n) is 4.40. The van der Waals surface area contributed by atoms with Gasteiger partial charge in [-0.3, -0.25) is 0 Å². The van der Waals surface area contributed by atoms with Gasteiger partial charge in [0.2, 0.25) is 0 Å². The fraction of sp³-hybridized carbons (Fsp3) is 0.190. The number of anilines is 4. The summed E-state index contributed by atoms with van der Waals surface area (Å²) in [5.74, 6) is 1.36. The first-order valence-electron chi connectivity index (χ1n) is 9.40. The van der Waals surface area contributed by atoms with Crippen LogP contribution in [0.1, 0.15) is 23.0 Å². The molecule has 0 aliphatic carbocycles. The number of fused-ring (bicyclic) bond motifs is 1. The highest BCUT2D eigenvalue weighted by Gasteiger charge is 2.14. The third kappa shape index (κ3) is 4.06. The number of aryl methyl sites for hydroxylation is 1. The van der Waals surface area contributed by atoms with Crippen LogP contribution in [-0.4, -0.2) is 39.8 Å². The highest BCUT2D eigenvalue weighted by atomic mass is 32.1. The molecule has 9 heteroatoms. The van der Waals surface area contributed by atoms with Crippen molar-refractivity contribution in [2.24, 2.45) is 0 Å². The molecule has 0 fully saturated rings. The van der Waals surface area contributed by atoms with Crippen molar-refractivity contribution in [1.29, 1.82) is 0 Å². The minimum atomic E-state index is -0.453. The Bertz CT molecular complexity index is 1180. The zero-order chi connectivity index (χ0) is 21.1. The number of carbonyl (C=O) groups is 1. The van der Waals surface area contributed by atoms with E-state index in [9.17, 15) is 4.79 Å². The smallest absolute Gasteiger partial charge is 0.356 e. The zero-order valence-electron chi connectivity index (χ0n) is 16.8. The minimum absolute atomic E-state index is 0.250. The van der Waals surface area contributed by atoms with E-state index in [-0.39, 0.29) is 5.69 Å². The Morgan fingerprint density at radius 1 is 1.10 bits per heavy atom. The van der Waals surface area contributed by atoms with Crippen LogP contribution < -0.4 is 10.2 Å². The molecule has 152 valence electrons. The average Bonchev–Trinajstić information content (AvgIpc) is 3.17. The highest BCUT2D eigenvalue weighted by Crippen LogP contribution is 2.29. The lowest BCUT2D eigenvalue weighted by Gasteiger charge is -2.18. The van der Waals surface area contributed by atoms with E-state index in [1.807, 2.05) is 44.3 Å². The molecule has 8 nitrogen and oxygen atoms in total. The van der Waals surface area contributed by atoms with Crippen LogP contribution in [0.4, 0.5) is 22.6 Å². The molecule has 1 aromatic carbocycles. The summed E-state index contributed by atoms with van der Waals surface area (Å²) < 4.78 is 6.13. The minimum Gasteiger partial charge on any atom is -0.461 e. The van der Waals surface area contributed by atoms with E-state index in [0.717, 1.165) is 20.9 Å². The van der Waals surface area contributed by atoms with E-state index >= 15 is 0 Å². The molecule has 4 aromatic rings. The second-order valence-corrected chi connectivity index (χ2v) is 7.54. The van der Waals surface area contributed by atoms with Gasteiger partial charge in [-0.2, -0.15) is 0 Å². The number of hydrogen-bond acceptors (Lipinski definition) is 9. The maximum Gasteiger partial charge on any atom is 0.356 e. The number of nitrogens with one attached hydrogen (secondary N) is 1. The van der Waals surface area contributed by atoms with Gasteiger partial charge < -0.3 is 15.0 Å². The normalized spacial score (nSPS) is 10.8. The standard InChI is InChI=1S/C21H20N6O2S/c1-4-29-20(28)15-9-7-11-17(22-15)27(3)18-12-13(2)19(26-25-18)24-21-23-14-8-5-6-10-16(14)30-21/h5-12H,4H2,1-3H3,(H,23,24,26). The number of nitrogens with zero attached hydrogens (tertiary/aromatic N) is 5. The molecule has 0 spiro atoms. The van der Waals surface area contributed by atoms with E-state index in [1.165, 1.54) is 0 Å². The molecular formula is C21H20N6O2S. The van der Waals surface area contributed by atoms with E-state index in [4.69, 9.17) is 4.74 Å². The Morgan fingerprint density at radius 3 is 2.70 bits per heavy atom. The summed E-state index contributed by atoms with van der Waals surface area (Å²) in [6.45, 7) is 4.01. The first-order chi connectivity index (χ1) is 14.5. The zero-order valence-corrected chi connectivity index (χ0v) is 17.6. The van der Waals surface area contributed by atoms with Gasteiger partial charge in [-0.1, -0.05) is 29.5 Å². The molecule has 4 rings (SSSR count). The summed E-state index contributed by atoms with van der Waals surface area (Å²) in [5, 5.41) is 12.6. The monoisotopic (exact) mass is 420 g/mol. The number of pyridine rings is 1. The van der Waals surface area contributed by atoms with Gasteiger partial charge in [0.15, 0.2) is 22.5 Å². The van der Waals surface area contributed by atoms with Crippen molar-refractivity contribution in [1.82, 2.24) is 20.2 Å². The van der Waals surface area contributed by atoms with Gasteiger partial charge in [0.25, 0.3) is 0 Å². The van der Waals surface area contributed by atoms with E-state index < -0.39 is 5.97 Å². The van der Waals surface area contributed by atoms with Crippen molar-refractivity contribution in [3.8, 4) is 0 Å². The van der Waals surface area contributed by atoms with Crippen LogP contribution in [0.5, 0.6) is 0 Å². The SMILES string of the molecule is CCOC(=O)c1cccc(N(C)c2cc(C)c(Nc3nc4ccccc4s3)nn2)n1. The van der Waals surface area contributed by atoms with Crippen molar-refractivity contribution < 1.29 is 9.53 Å². The number of aromatic nitrogens is 4. The Kier molecular flexibility index (Phi) is 5.53. The number of rotatable bonds is 6. The Hall–Kier alpha value is -3.59. The van der Waals surface area contributed by atoms with Crippen molar-refractivity contribution >= 4 is 50.1 Å². The highest BCUT2D eigenvalue weighted by molar-refractivity contribution is 7.22. The summed E-state index contributed by atoms with van der Waals surface area (Å²) >= 11 is 1.56. The molecule has 3 heterocycles. The molecule has 0 aliphatic heterocycles. The van der Waals surface area contributed by atoms with Crippen molar-refractivity contribution in [2.75, 3.05) is 23.9 Å². The molecule has 0 saturated carbocycles. The first kappa shape index (κ1) is 19.7. The molecule has 0 unspecified atom stereocenters. The van der Waals surface area contributed by atoms with Crippen molar-refractivity contribution in [3.05, 3.63) is 59.8 Å². The number of carbonyl (C=O) groups excluding carboxylic acids is 1. The summed E-state index contributed by atoms with van der Waals surface area (Å²) in [6, 6.07) is 15.1. The number of esters is 1. The van der Waals surface area contributed by atoms with Crippen LogP contribution in [0.25, 0.3) is 10.2 Å². The summed E-state index contributed by atoms with van der Waals surface area (Å²) in [6.07, 6.45) is 0.